The number of nitrogens with zero attached hydrogens (tertiary/aromatic N) is 1. The SMILES string of the molecule is C=C(N(CCCCCCCCCCCCCCCCCC)CCCCCCCCCCCCCCCCCC)[SiH](C)C. The van der Waals surface area contributed by atoms with E-state index in [1.807, 2.05) is 0 Å². The van der Waals surface area contributed by atoms with Gasteiger partial charge in [0.05, 0.1) is 8.80 Å². The maximum absolute atomic E-state index is 4.53. The van der Waals surface area contributed by atoms with Crippen molar-refractivity contribution in [3.63, 3.8) is 0 Å². The largest absolute Gasteiger partial charge is 0.379 e. The van der Waals surface area contributed by atoms with Crippen molar-refractivity contribution in [3.8, 4) is 0 Å². The second-order valence-electron chi connectivity index (χ2n) is 14.2. The molecular formula is C40H83NSi. The fraction of sp³-hybridized carbons (Fsp3) is 0.950. The van der Waals surface area contributed by atoms with Crippen LogP contribution < -0.4 is 0 Å². The lowest BCUT2D eigenvalue weighted by molar-refractivity contribution is 0.339. The van der Waals surface area contributed by atoms with Crippen LogP contribution in [0, 0.1) is 0 Å². The van der Waals surface area contributed by atoms with Crippen molar-refractivity contribution < 1.29 is 0 Å². The van der Waals surface area contributed by atoms with Crippen molar-refractivity contribution >= 4 is 8.80 Å². The third-order valence-electron chi connectivity index (χ3n) is 9.64. The summed E-state index contributed by atoms with van der Waals surface area (Å²) in [5.41, 5.74) is 0. The van der Waals surface area contributed by atoms with Crippen molar-refractivity contribution in [1.29, 1.82) is 0 Å². The molecule has 42 heavy (non-hydrogen) atoms. The molecule has 0 N–H and O–H groups in total. The molecule has 1 nitrogen and oxygen atoms in total. The van der Waals surface area contributed by atoms with Crippen LogP contribution in [0.2, 0.25) is 13.1 Å². The zero-order chi connectivity index (χ0) is 30.8. The highest BCUT2D eigenvalue weighted by atomic mass is 28.3. The third kappa shape index (κ3) is 31.2. The Morgan fingerprint density at radius 2 is 0.548 bits per heavy atom. The quantitative estimate of drug-likeness (QED) is 0.0507. The van der Waals surface area contributed by atoms with E-state index in [2.05, 4.69) is 38.4 Å². The van der Waals surface area contributed by atoms with Gasteiger partial charge in [0.1, 0.15) is 0 Å². The summed E-state index contributed by atoms with van der Waals surface area (Å²) < 4.78 is 0. The molecule has 0 unspecified atom stereocenters. The summed E-state index contributed by atoms with van der Waals surface area (Å²) >= 11 is 0. The zero-order valence-electron chi connectivity index (χ0n) is 30.3. The number of rotatable bonds is 36. The average molecular weight is 606 g/mol. The molecule has 0 fully saturated rings. The molecule has 0 radical (unpaired) electrons. The summed E-state index contributed by atoms with van der Waals surface area (Å²) in [4.78, 5) is 2.70. The Morgan fingerprint density at radius 1 is 0.357 bits per heavy atom. The minimum Gasteiger partial charge on any atom is -0.379 e. The molecule has 0 spiro atoms. The predicted octanol–water partition coefficient (Wildman–Crippen LogP) is 14.4. The van der Waals surface area contributed by atoms with E-state index in [4.69, 9.17) is 0 Å². The highest BCUT2D eigenvalue weighted by Crippen LogP contribution is 2.17. The molecule has 0 atom stereocenters. The van der Waals surface area contributed by atoms with Gasteiger partial charge in [0.15, 0.2) is 0 Å². The Hall–Kier alpha value is -0.243. The fourth-order valence-electron chi connectivity index (χ4n) is 6.47. The molecule has 0 saturated heterocycles. The smallest absolute Gasteiger partial charge is 0.0843 e. The van der Waals surface area contributed by atoms with E-state index in [-0.39, 0.29) is 0 Å². The molecule has 252 valence electrons. The molecule has 0 aromatic rings. The number of hydrogen-bond donors (Lipinski definition) is 0. The molecule has 2 heteroatoms. The van der Waals surface area contributed by atoms with Gasteiger partial charge in [0.2, 0.25) is 0 Å². The molecule has 0 aromatic carbocycles. The molecule has 0 rings (SSSR count). The van der Waals surface area contributed by atoms with Crippen LogP contribution in [0.4, 0.5) is 0 Å². The van der Waals surface area contributed by atoms with E-state index in [0.29, 0.717) is 0 Å². The second kappa shape index (κ2) is 35.2. The van der Waals surface area contributed by atoms with Crippen molar-refractivity contribution in [2.75, 3.05) is 13.1 Å². The monoisotopic (exact) mass is 606 g/mol. The van der Waals surface area contributed by atoms with Crippen molar-refractivity contribution in [1.82, 2.24) is 4.90 Å². The van der Waals surface area contributed by atoms with Gasteiger partial charge < -0.3 is 4.90 Å². The van der Waals surface area contributed by atoms with E-state index in [9.17, 15) is 0 Å². The molecule has 0 heterocycles. The number of unbranched alkanes of at least 4 members (excludes halogenated alkanes) is 30. The van der Waals surface area contributed by atoms with Gasteiger partial charge >= 0.3 is 0 Å². The molecule has 0 aliphatic rings. The maximum atomic E-state index is 4.53. The molecule has 0 aliphatic heterocycles. The maximum Gasteiger partial charge on any atom is 0.0843 e. The molecule has 0 amide bonds. The third-order valence-corrected chi connectivity index (χ3v) is 11.3. The fourth-order valence-corrected chi connectivity index (χ4v) is 7.45. The van der Waals surface area contributed by atoms with Crippen molar-refractivity contribution in [3.05, 3.63) is 11.9 Å². The Morgan fingerprint density at radius 3 is 0.738 bits per heavy atom. The Balaban J connectivity index is 3.59. The van der Waals surface area contributed by atoms with E-state index in [0.717, 1.165) is 0 Å². The highest BCUT2D eigenvalue weighted by Gasteiger charge is 2.11. The van der Waals surface area contributed by atoms with Crippen LogP contribution in [-0.4, -0.2) is 26.8 Å². The summed E-state index contributed by atoms with van der Waals surface area (Å²) in [6, 6.07) is 0. The summed E-state index contributed by atoms with van der Waals surface area (Å²) in [6.07, 6.45) is 46.4. The van der Waals surface area contributed by atoms with Gasteiger partial charge in [-0.2, -0.15) is 0 Å². The van der Waals surface area contributed by atoms with Gasteiger partial charge in [0, 0.05) is 13.1 Å². The van der Waals surface area contributed by atoms with Crippen LogP contribution in [0.3, 0.4) is 0 Å². The number of hydrogen-bond acceptors (Lipinski definition) is 1. The van der Waals surface area contributed by atoms with Crippen LogP contribution in [0.15, 0.2) is 11.9 Å². The summed E-state index contributed by atoms with van der Waals surface area (Å²) in [7, 11) is -0.783. The standard InChI is InChI=1S/C40H83NSi/c1-6-8-10-12-14-16-18-20-22-24-26-28-30-32-34-36-38-41(40(3)42(4)5)39-37-35-33-31-29-27-25-23-21-19-17-15-13-11-9-7-2/h42H,3,6-39H2,1-2,4-5H3. The van der Waals surface area contributed by atoms with Gasteiger partial charge in [0.25, 0.3) is 0 Å². The topological polar surface area (TPSA) is 3.24 Å². The lowest BCUT2D eigenvalue weighted by Crippen LogP contribution is -2.31. The van der Waals surface area contributed by atoms with Gasteiger partial charge in [-0.15, -0.1) is 0 Å². The minimum atomic E-state index is -0.783. The van der Waals surface area contributed by atoms with Crippen molar-refractivity contribution in [2.24, 2.45) is 0 Å². The second-order valence-corrected chi connectivity index (χ2v) is 17.2. The summed E-state index contributed by atoms with van der Waals surface area (Å²) in [6.45, 7) is 16.6. The van der Waals surface area contributed by atoms with Gasteiger partial charge in [-0.25, -0.2) is 0 Å². The van der Waals surface area contributed by atoms with E-state index >= 15 is 0 Å². The Labute approximate surface area is 270 Å². The molecule has 0 saturated carbocycles. The molecular weight excluding hydrogens is 523 g/mol. The predicted molar refractivity (Wildman–Crippen MR) is 199 cm³/mol. The van der Waals surface area contributed by atoms with Gasteiger partial charge in [-0.1, -0.05) is 226 Å². The highest BCUT2D eigenvalue weighted by molar-refractivity contribution is 6.63. The first-order valence-corrected chi connectivity index (χ1v) is 23.0. The normalized spacial score (nSPS) is 11.5. The first-order chi connectivity index (χ1) is 20.6. The van der Waals surface area contributed by atoms with E-state index in [1.54, 1.807) is 0 Å². The first kappa shape index (κ1) is 41.8. The van der Waals surface area contributed by atoms with Crippen LogP contribution >= 0.6 is 0 Å². The Bertz CT molecular complexity index is 480. The van der Waals surface area contributed by atoms with Crippen molar-refractivity contribution in [2.45, 2.75) is 232 Å². The molecule has 0 aliphatic carbocycles. The van der Waals surface area contributed by atoms with Gasteiger partial charge in [-0.3, -0.25) is 0 Å². The van der Waals surface area contributed by atoms with Crippen LogP contribution in [-0.2, 0) is 0 Å². The van der Waals surface area contributed by atoms with Crippen LogP contribution in [0.5, 0.6) is 0 Å². The lowest BCUT2D eigenvalue weighted by Gasteiger charge is -2.29. The first-order valence-electron chi connectivity index (χ1n) is 20.1. The Kier molecular flexibility index (Phi) is 35.0. The average Bonchev–Trinajstić information content (AvgIpc) is 2.99. The summed E-state index contributed by atoms with van der Waals surface area (Å²) in [5.74, 6) is 0. The van der Waals surface area contributed by atoms with Crippen LogP contribution in [0.25, 0.3) is 0 Å². The summed E-state index contributed by atoms with van der Waals surface area (Å²) in [5, 5.41) is 1.51. The molecule has 0 aromatic heterocycles. The van der Waals surface area contributed by atoms with E-state index in [1.165, 1.54) is 224 Å². The van der Waals surface area contributed by atoms with E-state index < -0.39 is 8.80 Å². The van der Waals surface area contributed by atoms with Crippen LogP contribution in [0.1, 0.15) is 219 Å². The van der Waals surface area contributed by atoms with Gasteiger partial charge in [-0.05, 0) is 18.2 Å². The minimum absolute atomic E-state index is 0.783. The lowest BCUT2D eigenvalue weighted by atomic mass is 10.0. The molecule has 0 bridgehead atoms. The zero-order valence-corrected chi connectivity index (χ0v) is 31.4.